The van der Waals surface area contributed by atoms with E-state index in [2.05, 4.69) is 5.32 Å². The Morgan fingerprint density at radius 1 is 1.23 bits per heavy atom. The number of ether oxygens (including phenoxy) is 1. The van der Waals surface area contributed by atoms with Crippen molar-refractivity contribution in [2.24, 2.45) is 0 Å². The van der Waals surface area contributed by atoms with E-state index >= 15 is 0 Å². The van der Waals surface area contributed by atoms with Crippen molar-refractivity contribution in [2.45, 2.75) is 12.8 Å². The van der Waals surface area contributed by atoms with Crippen LogP contribution in [0.2, 0.25) is 0 Å². The summed E-state index contributed by atoms with van der Waals surface area (Å²) in [7, 11) is 1.41. The molecule has 1 aliphatic heterocycles. The summed E-state index contributed by atoms with van der Waals surface area (Å²) in [4.78, 5) is 23.2. The lowest BCUT2D eigenvalue weighted by Gasteiger charge is -2.21. The molecule has 3 rings (SSSR count). The fourth-order valence-corrected chi connectivity index (χ4v) is 2.58. The SMILES string of the molecule is COc1cc(C=C2C=CC3=C(C2)C(=O)NC(=O)C3)ccc1F. The van der Waals surface area contributed by atoms with Crippen LogP contribution in [0, 0.1) is 5.82 Å². The third-order valence-electron chi connectivity index (χ3n) is 3.67. The minimum atomic E-state index is -0.418. The van der Waals surface area contributed by atoms with Gasteiger partial charge in [-0.3, -0.25) is 14.9 Å². The first kappa shape index (κ1) is 14.3. The smallest absolute Gasteiger partial charge is 0.254 e. The Bertz CT molecular complexity index is 759. The highest BCUT2D eigenvalue weighted by Gasteiger charge is 2.26. The molecular formula is C17H14FNO3. The van der Waals surface area contributed by atoms with Gasteiger partial charge in [-0.25, -0.2) is 4.39 Å². The van der Waals surface area contributed by atoms with Crippen LogP contribution < -0.4 is 10.1 Å². The Hall–Kier alpha value is -2.69. The van der Waals surface area contributed by atoms with Crippen LogP contribution in [0.1, 0.15) is 18.4 Å². The zero-order chi connectivity index (χ0) is 15.7. The van der Waals surface area contributed by atoms with E-state index in [1.54, 1.807) is 18.2 Å². The van der Waals surface area contributed by atoms with Gasteiger partial charge in [0.25, 0.3) is 5.91 Å². The maximum Gasteiger partial charge on any atom is 0.254 e. The summed E-state index contributed by atoms with van der Waals surface area (Å²) in [6, 6.07) is 4.59. The Balaban J connectivity index is 1.88. The van der Waals surface area contributed by atoms with Crippen LogP contribution in [0.5, 0.6) is 5.75 Å². The number of halogens is 1. The van der Waals surface area contributed by atoms with E-state index in [0.29, 0.717) is 12.0 Å². The van der Waals surface area contributed by atoms with Crippen molar-refractivity contribution in [2.75, 3.05) is 7.11 Å². The van der Waals surface area contributed by atoms with Crippen LogP contribution >= 0.6 is 0 Å². The van der Waals surface area contributed by atoms with Crippen LogP contribution in [-0.2, 0) is 9.59 Å². The zero-order valence-electron chi connectivity index (χ0n) is 12.0. The standard InChI is InChI=1S/C17H14FNO3/c1-22-15-8-11(3-5-14(15)18)6-10-2-4-12-9-16(20)19-17(21)13(12)7-10/h2-6,8H,7,9H2,1H3,(H,19,20,21). The molecule has 1 heterocycles. The molecule has 1 aliphatic carbocycles. The van der Waals surface area contributed by atoms with E-state index in [1.165, 1.54) is 13.2 Å². The molecule has 0 atom stereocenters. The first-order chi connectivity index (χ1) is 10.6. The quantitative estimate of drug-likeness (QED) is 0.854. The fraction of sp³-hybridized carbons (Fsp3) is 0.176. The largest absolute Gasteiger partial charge is 0.494 e. The minimum absolute atomic E-state index is 0.176. The number of allylic oxidation sites excluding steroid dienone is 3. The molecular weight excluding hydrogens is 285 g/mol. The molecule has 0 bridgehead atoms. The van der Waals surface area contributed by atoms with E-state index in [0.717, 1.165) is 16.7 Å². The van der Waals surface area contributed by atoms with Crippen LogP contribution in [0.25, 0.3) is 6.08 Å². The summed E-state index contributed by atoms with van der Waals surface area (Å²) in [6.45, 7) is 0. The summed E-state index contributed by atoms with van der Waals surface area (Å²) < 4.78 is 18.4. The normalized spacial score (nSPS) is 19.3. The Kier molecular flexibility index (Phi) is 3.63. The Morgan fingerprint density at radius 3 is 2.82 bits per heavy atom. The first-order valence-electron chi connectivity index (χ1n) is 6.85. The number of methoxy groups -OCH3 is 1. The molecule has 1 aromatic carbocycles. The number of amides is 2. The lowest BCUT2D eigenvalue weighted by atomic mass is 9.88. The molecule has 0 fully saturated rings. The first-order valence-corrected chi connectivity index (χ1v) is 6.85. The van der Waals surface area contributed by atoms with Gasteiger partial charge in [-0.15, -0.1) is 0 Å². The second kappa shape index (κ2) is 5.60. The van der Waals surface area contributed by atoms with Gasteiger partial charge >= 0.3 is 0 Å². The summed E-state index contributed by atoms with van der Waals surface area (Å²) in [6.07, 6.45) is 6.22. The number of carbonyl (C=O) groups is 2. The molecule has 5 heteroatoms. The molecule has 0 aromatic heterocycles. The van der Waals surface area contributed by atoms with Gasteiger partial charge in [0, 0.05) is 12.0 Å². The van der Waals surface area contributed by atoms with Gasteiger partial charge in [-0.1, -0.05) is 24.3 Å². The second-order valence-corrected chi connectivity index (χ2v) is 5.18. The molecule has 2 amide bonds. The molecule has 112 valence electrons. The second-order valence-electron chi connectivity index (χ2n) is 5.18. The monoisotopic (exact) mass is 299 g/mol. The van der Waals surface area contributed by atoms with Gasteiger partial charge in [-0.05, 0) is 28.8 Å². The van der Waals surface area contributed by atoms with Gasteiger partial charge in [0.1, 0.15) is 0 Å². The van der Waals surface area contributed by atoms with Gasteiger partial charge in [0.05, 0.1) is 13.5 Å². The number of benzene rings is 1. The minimum Gasteiger partial charge on any atom is -0.494 e. The maximum absolute atomic E-state index is 13.4. The summed E-state index contributed by atoms with van der Waals surface area (Å²) in [5.41, 5.74) is 3.08. The van der Waals surface area contributed by atoms with E-state index in [-0.39, 0.29) is 24.0 Å². The molecule has 2 aliphatic rings. The molecule has 0 saturated heterocycles. The average molecular weight is 299 g/mol. The summed E-state index contributed by atoms with van der Waals surface area (Å²) in [5.74, 6) is -0.851. The van der Waals surface area contributed by atoms with Gasteiger partial charge in [-0.2, -0.15) is 0 Å². The molecule has 4 nitrogen and oxygen atoms in total. The van der Waals surface area contributed by atoms with E-state index in [4.69, 9.17) is 4.74 Å². The molecule has 0 radical (unpaired) electrons. The predicted octanol–water partition coefficient (Wildman–Crippen LogP) is 2.52. The van der Waals surface area contributed by atoms with E-state index in [1.807, 2.05) is 12.2 Å². The van der Waals surface area contributed by atoms with Crippen molar-refractivity contribution in [3.8, 4) is 5.75 Å². The summed E-state index contributed by atoms with van der Waals surface area (Å²) in [5, 5.41) is 2.32. The topological polar surface area (TPSA) is 55.4 Å². The van der Waals surface area contributed by atoms with Gasteiger partial charge < -0.3 is 4.74 Å². The van der Waals surface area contributed by atoms with Crippen molar-refractivity contribution >= 4 is 17.9 Å². The lowest BCUT2D eigenvalue weighted by Crippen LogP contribution is -2.37. The lowest BCUT2D eigenvalue weighted by molar-refractivity contribution is -0.129. The number of hydrogen-bond donors (Lipinski definition) is 1. The van der Waals surface area contributed by atoms with Gasteiger partial charge in [0.15, 0.2) is 11.6 Å². The van der Waals surface area contributed by atoms with Crippen LogP contribution in [-0.4, -0.2) is 18.9 Å². The van der Waals surface area contributed by atoms with Crippen molar-refractivity contribution in [3.63, 3.8) is 0 Å². The Labute approximate surface area is 127 Å². The highest BCUT2D eigenvalue weighted by Crippen LogP contribution is 2.29. The highest BCUT2D eigenvalue weighted by molar-refractivity contribution is 6.09. The number of nitrogens with one attached hydrogen (secondary N) is 1. The van der Waals surface area contributed by atoms with Gasteiger partial charge in [0.2, 0.25) is 5.91 Å². The third-order valence-corrected chi connectivity index (χ3v) is 3.67. The van der Waals surface area contributed by atoms with Crippen LogP contribution in [0.3, 0.4) is 0 Å². The van der Waals surface area contributed by atoms with Crippen LogP contribution in [0.15, 0.2) is 47.1 Å². The highest BCUT2D eigenvalue weighted by atomic mass is 19.1. The molecule has 22 heavy (non-hydrogen) atoms. The van der Waals surface area contributed by atoms with Crippen molar-refractivity contribution < 1.29 is 18.7 Å². The average Bonchev–Trinajstić information content (AvgIpc) is 2.49. The number of rotatable bonds is 2. The fourth-order valence-electron chi connectivity index (χ4n) is 2.58. The van der Waals surface area contributed by atoms with Crippen molar-refractivity contribution in [1.82, 2.24) is 5.32 Å². The molecule has 0 saturated carbocycles. The Morgan fingerprint density at radius 2 is 2.05 bits per heavy atom. The number of imide groups is 1. The summed E-state index contributed by atoms with van der Waals surface area (Å²) >= 11 is 0. The number of hydrogen-bond acceptors (Lipinski definition) is 3. The third kappa shape index (κ3) is 2.70. The molecule has 0 spiro atoms. The van der Waals surface area contributed by atoms with E-state index in [9.17, 15) is 14.0 Å². The van der Waals surface area contributed by atoms with Crippen molar-refractivity contribution in [1.29, 1.82) is 0 Å². The maximum atomic E-state index is 13.4. The molecule has 1 aromatic rings. The predicted molar refractivity (Wildman–Crippen MR) is 79.5 cm³/mol. The van der Waals surface area contributed by atoms with E-state index < -0.39 is 5.82 Å². The van der Waals surface area contributed by atoms with Crippen molar-refractivity contribution in [3.05, 3.63) is 58.5 Å². The molecule has 0 unspecified atom stereocenters. The zero-order valence-corrected chi connectivity index (χ0v) is 12.0. The number of carbonyl (C=O) groups excluding carboxylic acids is 2. The molecule has 1 N–H and O–H groups in total. The van der Waals surface area contributed by atoms with Crippen LogP contribution in [0.4, 0.5) is 4.39 Å².